The Hall–Kier alpha value is -3.90. The largest absolute Gasteiger partial charge is 0.508 e. The van der Waals surface area contributed by atoms with Crippen LogP contribution in [0.4, 0.5) is 0 Å². The minimum atomic E-state index is -4.48. The van der Waals surface area contributed by atoms with Crippen LogP contribution in [-0.4, -0.2) is 46.1 Å². The molecular formula is C31H37N3O7S. The van der Waals surface area contributed by atoms with E-state index in [1.165, 1.54) is 18.2 Å². The average molecular weight is 596 g/mol. The molecule has 224 valence electrons. The maximum Gasteiger partial charge on any atom is 0.268 e. The number of allylic oxidation sites excluding steroid dienone is 1. The highest BCUT2D eigenvalue weighted by atomic mass is 32.2. The van der Waals surface area contributed by atoms with Gasteiger partial charge < -0.3 is 31.5 Å². The van der Waals surface area contributed by atoms with Crippen molar-refractivity contribution >= 4 is 16.1 Å². The van der Waals surface area contributed by atoms with Crippen LogP contribution in [0.15, 0.2) is 89.9 Å². The molecule has 4 aliphatic rings. The summed E-state index contributed by atoms with van der Waals surface area (Å²) in [6.07, 6.45) is 3.46. The molecule has 0 unspecified atom stereocenters. The zero-order chi connectivity index (χ0) is 30.3. The Morgan fingerprint density at radius 1 is 1.02 bits per heavy atom. The average Bonchev–Trinajstić information content (AvgIpc) is 2.95. The predicted molar refractivity (Wildman–Crippen MR) is 160 cm³/mol. The van der Waals surface area contributed by atoms with Crippen molar-refractivity contribution in [1.82, 2.24) is 0 Å². The molecule has 8 N–H and O–H groups in total. The summed E-state index contributed by atoms with van der Waals surface area (Å²) >= 11 is 0. The summed E-state index contributed by atoms with van der Waals surface area (Å²) in [5.41, 5.74) is 13.1. The van der Waals surface area contributed by atoms with Crippen LogP contribution < -0.4 is 16.2 Å². The Kier molecular flexibility index (Phi) is 9.89. The van der Waals surface area contributed by atoms with Crippen LogP contribution in [0.1, 0.15) is 47.6 Å². The molecule has 4 aliphatic heterocycles. The Morgan fingerprint density at radius 2 is 1.67 bits per heavy atom. The molecule has 42 heavy (non-hydrogen) atoms. The quantitative estimate of drug-likeness (QED) is 0.0982. The number of phenolic OH excluding ortho intramolecular Hbond substituents is 1. The number of guanidine groups is 1. The molecule has 4 bridgehead atoms. The SMILES string of the molecule is NC(N)=N[C@]1(CCCO)Oc2ccc(cc2)CC[C@@H](S(=O)(=O)O)[C@H](C=C[C@@H](O)c2ccc(O)cc2)Cc2ccc1cc2. The van der Waals surface area contributed by atoms with E-state index in [1.54, 1.807) is 42.5 Å². The molecular weight excluding hydrogens is 558 g/mol. The summed E-state index contributed by atoms with van der Waals surface area (Å²) in [6, 6.07) is 20.4. The number of phenols is 1. The van der Waals surface area contributed by atoms with Gasteiger partial charge in [0.05, 0.1) is 11.4 Å². The van der Waals surface area contributed by atoms with Crippen LogP contribution in [0.2, 0.25) is 0 Å². The molecule has 0 aromatic heterocycles. The van der Waals surface area contributed by atoms with Gasteiger partial charge in [-0.15, -0.1) is 0 Å². The van der Waals surface area contributed by atoms with Gasteiger partial charge >= 0.3 is 0 Å². The van der Waals surface area contributed by atoms with Gasteiger partial charge in [-0.25, -0.2) is 4.99 Å². The number of nitrogens with zero attached hydrogens (tertiary/aromatic N) is 1. The molecule has 0 saturated heterocycles. The van der Waals surface area contributed by atoms with Crippen molar-refractivity contribution in [2.45, 2.75) is 49.2 Å². The van der Waals surface area contributed by atoms with Gasteiger partial charge in [0.1, 0.15) is 11.5 Å². The maximum absolute atomic E-state index is 12.7. The molecule has 4 atom stereocenters. The van der Waals surface area contributed by atoms with E-state index < -0.39 is 33.1 Å². The van der Waals surface area contributed by atoms with Gasteiger partial charge in [-0.2, -0.15) is 8.42 Å². The standard InChI is InChI=1S/C31H37N3O7S/c32-30(33)34-31(18-1-19-35)25-10-2-22(3-11-25)20-24(9-16-28(37)23-7-12-26(36)13-8-23)29(42(38,39)40)17-6-21-4-14-27(41-31)15-5-21/h2-5,7-16,24,28-29,35-37H,1,6,17-20H2,(H4,32,33,34)(H,38,39,40)/t24-,28-,29-,31-/m1/s1. The van der Waals surface area contributed by atoms with E-state index in [0.717, 1.165) is 11.1 Å². The van der Waals surface area contributed by atoms with Crippen molar-refractivity contribution in [3.63, 3.8) is 0 Å². The summed E-state index contributed by atoms with van der Waals surface area (Å²) in [4.78, 5) is 4.46. The molecule has 0 amide bonds. The second-order valence-electron chi connectivity index (χ2n) is 10.5. The number of hydrogen-bond donors (Lipinski definition) is 6. The monoisotopic (exact) mass is 595 g/mol. The second-order valence-corrected chi connectivity index (χ2v) is 12.1. The molecule has 0 radical (unpaired) electrons. The van der Waals surface area contributed by atoms with Crippen LogP contribution in [-0.2, 0) is 28.7 Å². The first-order chi connectivity index (χ1) is 20.0. The number of benzene rings is 3. The van der Waals surface area contributed by atoms with Gasteiger partial charge in [-0.3, -0.25) is 4.55 Å². The van der Waals surface area contributed by atoms with Crippen molar-refractivity contribution in [2.75, 3.05) is 6.61 Å². The van der Waals surface area contributed by atoms with Crippen LogP contribution in [0.3, 0.4) is 0 Å². The molecule has 7 rings (SSSR count). The van der Waals surface area contributed by atoms with E-state index in [1.807, 2.05) is 24.3 Å². The van der Waals surface area contributed by atoms with Crippen LogP contribution in [0, 0.1) is 5.92 Å². The minimum Gasteiger partial charge on any atom is -0.508 e. The highest BCUT2D eigenvalue weighted by Crippen LogP contribution is 2.36. The molecule has 0 fully saturated rings. The van der Waals surface area contributed by atoms with Gasteiger partial charge in [0.15, 0.2) is 5.96 Å². The molecule has 3 aromatic rings. The number of rotatable bonds is 8. The van der Waals surface area contributed by atoms with E-state index in [4.69, 9.17) is 16.2 Å². The molecule has 11 heteroatoms. The first kappa shape index (κ1) is 31.0. The number of aliphatic imine (C=N–C) groups is 1. The molecule has 0 saturated carbocycles. The van der Waals surface area contributed by atoms with E-state index in [-0.39, 0.29) is 37.6 Å². The summed E-state index contributed by atoms with van der Waals surface area (Å²) < 4.78 is 42.1. The predicted octanol–water partition coefficient (Wildman–Crippen LogP) is 3.32. The lowest BCUT2D eigenvalue weighted by Crippen LogP contribution is -2.37. The summed E-state index contributed by atoms with van der Waals surface area (Å²) in [6.45, 7) is -0.0941. The van der Waals surface area contributed by atoms with Gasteiger partial charge in [0.2, 0.25) is 5.72 Å². The summed E-state index contributed by atoms with van der Waals surface area (Å²) in [5, 5.41) is 28.8. The molecule has 3 aromatic carbocycles. The molecule has 4 heterocycles. The lowest BCUT2D eigenvalue weighted by Gasteiger charge is -2.31. The van der Waals surface area contributed by atoms with E-state index in [9.17, 15) is 28.3 Å². The van der Waals surface area contributed by atoms with Crippen molar-refractivity contribution in [3.05, 3.63) is 107 Å². The normalized spacial score (nSPS) is 21.8. The molecule has 0 aliphatic carbocycles. The smallest absolute Gasteiger partial charge is 0.268 e. The van der Waals surface area contributed by atoms with Gasteiger partial charge in [-0.1, -0.05) is 60.7 Å². The van der Waals surface area contributed by atoms with Gasteiger partial charge in [0.25, 0.3) is 10.1 Å². The Labute approximate surface area is 245 Å². The van der Waals surface area contributed by atoms with Gasteiger partial charge in [0, 0.05) is 24.5 Å². The zero-order valence-electron chi connectivity index (χ0n) is 23.1. The third kappa shape index (κ3) is 7.89. The van der Waals surface area contributed by atoms with Gasteiger partial charge in [-0.05, 0) is 66.6 Å². The Bertz CT molecular complexity index is 1490. The fourth-order valence-corrected chi connectivity index (χ4v) is 6.31. The minimum absolute atomic E-state index is 0.0605. The third-order valence-electron chi connectivity index (χ3n) is 7.42. The number of aliphatic hydroxyl groups is 2. The van der Waals surface area contributed by atoms with Crippen molar-refractivity contribution < 1.29 is 33.0 Å². The van der Waals surface area contributed by atoms with Crippen molar-refractivity contribution in [2.24, 2.45) is 22.4 Å². The number of aliphatic hydroxyl groups excluding tert-OH is 2. The number of ether oxygens (including phenoxy) is 1. The Balaban J connectivity index is 1.79. The fourth-order valence-electron chi connectivity index (χ4n) is 5.26. The van der Waals surface area contributed by atoms with Crippen molar-refractivity contribution in [3.8, 4) is 11.5 Å². The highest BCUT2D eigenvalue weighted by Gasteiger charge is 2.35. The number of aromatic hydroxyl groups is 1. The second kappa shape index (κ2) is 13.4. The number of aryl methyl sites for hydroxylation is 1. The lowest BCUT2D eigenvalue weighted by molar-refractivity contribution is 0.0577. The summed E-state index contributed by atoms with van der Waals surface area (Å²) in [7, 11) is -4.48. The number of nitrogens with two attached hydrogens (primary N) is 2. The molecule has 10 nitrogen and oxygen atoms in total. The highest BCUT2D eigenvalue weighted by molar-refractivity contribution is 7.86. The van der Waals surface area contributed by atoms with Crippen molar-refractivity contribution in [1.29, 1.82) is 0 Å². The summed E-state index contributed by atoms with van der Waals surface area (Å²) in [5.74, 6) is -0.323. The lowest BCUT2D eigenvalue weighted by atomic mass is 9.90. The molecule has 0 spiro atoms. The van der Waals surface area contributed by atoms with E-state index in [2.05, 4.69) is 4.99 Å². The fraction of sp³-hybridized carbons (Fsp3) is 0.323. The third-order valence-corrected chi connectivity index (χ3v) is 8.77. The van der Waals surface area contributed by atoms with E-state index in [0.29, 0.717) is 29.7 Å². The topological polar surface area (TPSA) is 189 Å². The first-order valence-corrected chi connectivity index (χ1v) is 15.2. The maximum atomic E-state index is 12.7. The first-order valence-electron chi connectivity index (χ1n) is 13.7. The zero-order valence-corrected chi connectivity index (χ0v) is 23.9. The number of hydrogen-bond acceptors (Lipinski definition) is 7. The van der Waals surface area contributed by atoms with Crippen LogP contribution in [0.25, 0.3) is 0 Å². The van der Waals surface area contributed by atoms with Crippen LogP contribution in [0.5, 0.6) is 11.5 Å². The van der Waals surface area contributed by atoms with Crippen LogP contribution >= 0.6 is 0 Å². The van der Waals surface area contributed by atoms with E-state index >= 15 is 0 Å². The Morgan fingerprint density at radius 3 is 2.26 bits per heavy atom.